The van der Waals surface area contributed by atoms with Crippen molar-refractivity contribution >= 4 is 18.0 Å². The maximum Gasteiger partial charge on any atom is 0.407 e. The fraction of sp³-hybridized carbons (Fsp3) is 0.423. The zero-order chi connectivity index (χ0) is 23.4. The number of rotatable bonds is 7. The Morgan fingerprint density at radius 2 is 1.61 bits per heavy atom. The molecule has 0 radical (unpaired) electrons. The van der Waals surface area contributed by atoms with E-state index in [-0.39, 0.29) is 24.5 Å². The van der Waals surface area contributed by atoms with Gasteiger partial charge in [-0.3, -0.25) is 4.79 Å². The first kappa shape index (κ1) is 22.8. The molecule has 1 saturated carbocycles. The summed E-state index contributed by atoms with van der Waals surface area (Å²) in [6.07, 6.45) is 2.78. The number of carbonyl (C=O) groups is 3. The van der Waals surface area contributed by atoms with Gasteiger partial charge in [-0.1, -0.05) is 68.3 Å². The Kier molecular flexibility index (Phi) is 6.96. The van der Waals surface area contributed by atoms with Gasteiger partial charge < -0.3 is 20.5 Å². The van der Waals surface area contributed by atoms with Crippen LogP contribution in [0.3, 0.4) is 0 Å². The van der Waals surface area contributed by atoms with Crippen LogP contribution in [0.15, 0.2) is 48.5 Å². The van der Waals surface area contributed by atoms with Crippen LogP contribution in [0.5, 0.6) is 0 Å². The van der Waals surface area contributed by atoms with E-state index < -0.39 is 24.0 Å². The van der Waals surface area contributed by atoms with Crippen LogP contribution in [-0.2, 0) is 14.3 Å². The molecule has 2 aliphatic rings. The maximum absolute atomic E-state index is 12.7. The van der Waals surface area contributed by atoms with E-state index in [1.165, 1.54) is 0 Å². The van der Waals surface area contributed by atoms with Gasteiger partial charge >= 0.3 is 12.1 Å². The Morgan fingerprint density at radius 1 is 1.00 bits per heavy atom. The Hall–Kier alpha value is -3.35. The van der Waals surface area contributed by atoms with Crippen molar-refractivity contribution in [1.82, 2.24) is 10.6 Å². The lowest BCUT2D eigenvalue weighted by Crippen LogP contribution is -2.51. The van der Waals surface area contributed by atoms with E-state index in [4.69, 9.17) is 4.74 Å². The van der Waals surface area contributed by atoms with Crippen molar-refractivity contribution in [1.29, 1.82) is 0 Å². The number of hydrogen-bond donors (Lipinski definition) is 3. The summed E-state index contributed by atoms with van der Waals surface area (Å²) >= 11 is 0. The Balaban J connectivity index is 1.39. The highest BCUT2D eigenvalue weighted by molar-refractivity contribution is 5.86. The third kappa shape index (κ3) is 4.87. The molecule has 7 nitrogen and oxygen atoms in total. The molecule has 4 rings (SSSR count). The molecule has 1 fully saturated rings. The second-order valence-electron chi connectivity index (χ2n) is 8.77. The Bertz CT molecular complexity index is 991. The molecule has 0 unspecified atom stereocenters. The number of amides is 2. The quantitative estimate of drug-likeness (QED) is 0.590. The molecule has 0 saturated heterocycles. The van der Waals surface area contributed by atoms with Crippen molar-refractivity contribution in [2.24, 2.45) is 5.92 Å². The fourth-order valence-electron chi connectivity index (χ4n) is 5.03. The van der Waals surface area contributed by atoms with Gasteiger partial charge in [-0.05, 0) is 41.5 Å². The maximum atomic E-state index is 12.7. The summed E-state index contributed by atoms with van der Waals surface area (Å²) in [5.74, 6) is -1.88. The zero-order valence-electron chi connectivity index (χ0n) is 18.8. The first-order valence-electron chi connectivity index (χ1n) is 11.6. The van der Waals surface area contributed by atoms with Crippen LogP contribution in [0.1, 0.15) is 56.1 Å². The standard InChI is InChI=1S/C26H30N2O5/c1-2-22(25(30)31)27-24(29)20-13-7-8-14-23(20)28-26(32)33-15-21-18-11-5-3-9-16(18)17-10-4-6-12-19(17)21/h3-6,9-12,20-23H,2,7-8,13-15H2,1H3,(H,27,29)(H,28,32)(H,30,31)/t20-,22+,23+/m0/s1. The average Bonchev–Trinajstić information content (AvgIpc) is 3.15. The third-order valence-corrected chi connectivity index (χ3v) is 6.77. The Labute approximate surface area is 193 Å². The highest BCUT2D eigenvalue weighted by Gasteiger charge is 2.35. The fourth-order valence-corrected chi connectivity index (χ4v) is 5.03. The van der Waals surface area contributed by atoms with Gasteiger partial charge in [0.1, 0.15) is 12.6 Å². The summed E-state index contributed by atoms with van der Waals surface area (Å²) < 4.78 is 5.64. The van der Waals surface area contributed by atoms with Crippen LogP contribution in [0, 0.1) is 5.92 Å². The number of alkyl carbamates (subject to hydrolysis) is 1. The van der Waals surface area contributed by atoms with Gasteiger partial charge in [0.15, 0.2) is 0 Å². The summed E-state index contributed by atoms with van der Waals surface area (Å²) in [5, 5.41) is 14.7. The number of carbonyl (C=O) groups excluding carboxylic acids is 2. The van der Waals surface area contributed by atoms with Gasteiger partial charge in [0.2, 0.25) is 5.91 Å². The van der Waals surface area contributed by atoms with Crippen molar-refractivity contribution in [2.75, 3.05) is 6.61 Å². The van der Waals surface area contributed by atoms with E-state index in [2.05, 4.69) is 34.9 Å². The van der Waals surface area contributed by atoms with Crippen LogP contribution in [0.2, 0.25) is 0 Å². The van der Waals surface area contributed by atoms with Crippen molar-refractivity contribution in [3.63, 3.8) is 0 Å². The first-order chi connectivity index (χ1) is 16.0. The summed E-state index contributed by atoms with van der Waals surface area (Å²) in [6.45, 7) is 1.92. The largest absolute Gasteiger partial charge is 0.480 e. The van der Waals surface area contributed by atoms with E-state index in [1.807, 2.05) is 24.3 Å². The lowest BCUT2D eigenvalue weighted by Gasteiger charge is -2.31. The lowest BCUT2D eigenvalue weighted by molar-refractivity contribution is -0.143. The molecular formula is C26H30N2O5. The molecule has 2 aliphatic carbocycles. The number of carboxylic acids is 1. The third-order valence-electron chi connectivity index (χ3n) is 6.77. The van der Waals surface area contributed by atoms with E-state index in [1.54, 1.807) is 6.92 Å². The molecule has 0 heterocycles. The second kappa shape index (κ2) is 10.1. The number of fused-ring (bicyclic) bond motifs is 3. The van der Waals surface area contributed by atoms with Crippen LogP contribution in [-0.4, -0.2) is 41.8 Å². The smallest absolute Gasteiger partial charge is 0.407 e. The normalized spacial score (nSPS) is 20.3. The van der Waals surface area contributed by atoms with Gasteiger partial charge in [0.05, 0.1) is 5.92 Å². The lowest BCUT2D eigenvalue weighted by atomic mass is 9.83. The van der Waals surface area contributed by atoms with Crippen LogP contribution >= 0.6 is 0 Å². The number of ether oxygens (including phenoxy) is 1. The summed E-state index contributed by atoms with van der Waals surface area (Å²) in [6, 6.07) is 15.0. The van der Waals surface area contributed by atoms with Gasteiger partial charge in [-0.2, -0.15) is 0 Å². The highest BCUT2D eigenvalue weighted by atomic mass is 16.5. The zero-order valence-corrected chi connectivity index (χ0v) is 18.8. The van der Waals surface area contributed by atoms with Crippen LogP contribution < -0.4 is 10.6 Å². The van der Waals surface area contributed by atoms with Crippen molar-refractivity contribution < 1.29 is 24.2 Å². The molecule has 0 aromatic heterocycles. The van der Waals surface area contributed by atoms with E-state index in [0.717, 1.165) is 35.1 Å². The monoisotopic (exact) mass is 450 g/mol. The minimum atomic E-state index is -1.05. The number of aliphatic carboxylic acids is 1. The van der Waals surface area contributed by atoms with Gasteiger partial charge in [-0.25, -0.2) is 9.59 Å². The van der Waals surface area contributed by atoms with Crippen LogP contribution in [0.4, 0.5) is 4.79 Å². The number of carboxylic acid groups (broad SMARTS) is 1. The average molecular weight is 451 g/mol. The first-order valence-corrected chi connectivity index (χ1v) is 11.6. The predicted molar refractivity (Wildman–Crippen MR) is 124 cm³/mol. The minimum absolute atomic E-state index is 0.0329. The molecule has 2 aromatic rings. The molecule has 3 N–H and O–H groups in total. The Morgan fingerprint density at radius 3 is 2.21 bits per heavy atom. The second-order valence-corrected chi connectivity index (χ2v) is 8.77. The number of benzene rings is 2. The molecule has 2 aromatic carbocycles. The summed E-state index contributed by atoms with van der Waals surface area (Å²) in [5.41, 5.74) is 4.60. The summed E-state index contributed by atoms with van der Waals surface area (Å²) in [7, 11) is 0. The van der Waals surface area contributed by atoms with Gasteiger partial charge in [0, 0.05) is 12.0 Å². The van der Waals surface area contributed by atoms with Gasteiger partial charge in [-0.15, -0.1) is 0 Å². The minimum Gasteiger partial charge on any atom is -0.480 e. The molecule has 0 spiro atoms. The van der Waals surface area contributed by atoms with Crippen molar-refractivity contribution in [3.05, 3.63) is 59.7 Å². The topological polar surface area (TPSA) is 105 Å². The van der Waals surface area contributed by atoms with Crippen LogP contribution in [0.25, 0.3) is 11.1 Å². The summed E-state index contributed by atoms with van der Waals surface area (Å²) in [4.78, 5) is 36.7. The van der Waals surface area contributed by atoms with Crippen molar-refractivity contribution in [2.45, 2.75) is 57.0 Å². The van der Waals surface area contributed by atoms with E-state index >= 15 is 0 Å². The SMILES string of the molecule is CC[C@@H](NC(=O)[C@H]1CCCC[C@H]1NC(=O)OCC1c2ccccc2-c2ccccc21)C(=O)O. The molecule has 7 heteroatoms. The molecule has 174 valence electrons. The molecule has 0 bridgehead atoms. The predicted octanol–water partition coefficient (Wildman–Crippen LogP) is 4.06. The number of nitrogens with one attached hydrogen (secondary N) is 2. The van der Waals surface area contributed by atoms with E-state index in [9.17, 15) is 19.5 Å². The molecule has 33 heavy (non-hydrogen) atoms. The van der Waals surface area contributed by atoms with Gasteiger partial charge in [0.25, 0.3) is 0 Å². The molecule has 0 aliphatic heterocycles. The molecule has 2 amide bonds. The van der Waals surface area contributed by atoms with Crippen molar-refractivity contribution in [3.8, 4) is 11.1 Å². The highest BCUT2D eigenvalue weighted by Crippen LogP contribution is 2.44. The number of hydrogen-bond acceptors (Lipinski definition) is 4. The molecular weight excluding hydrogens is 420 g/mol. The molecule has 3 atom stereocenters. The van der Waals surface area contributed by atoms with E-state index in [0.29, 0.717) is 19.3 Å².